The number of nitrogens with one attached hydrogen (secondary N) is 1. The minimum Gasteiger partial charge on any atom is -0.393 e. The first-order valence-corrected chi connectivity index (χ1v) is 15.3. The second-order valence-electron chi connectivity index (χ2n) is 12.3. The highest BCUT2D eigenvalue weighted by atomic mass is 16.3. The Balaban J connectivity index is 1.26. The number of hydrogen-bond donors (Lipinski definition) is 2. The quantitative estimate of drug-likeness (QED) is 0.439. The van der Waals surface area contributed by atoms with Gasteiger partial charge in [0.2, 0.25) is 5.95 Å². The van der Waals surface area contributed by atoms with Crippen molar-refractivity contribution in [3.8, 4) is 0 Å². The molecule has 206 valence electrons. The number of aliphatic hydroxyl groups excluding tert-OH is 1. The summed E-state index contributed by atoms with van der Waals surface area (Å²) < 4.78 is 2.45. The van der Waals surface area contributed by atoms with Crippen LogP contribution in [0.4, 0.5) is 5.95 Å². The van der Waals surface area contributed by atoms with Gasteiger partial charge in [0.05, 0.1) is 6.10 Å². The minimum absolute atomic E-state index is 0.137. The molecule has 7 heteroatoms. The lowest BCUT2D eigenvalue weighted by molar-refractivity contribution is 0.0897. The third-order valence-electron chi connectivity index (χ3n) is 9.42. The maximum Gasteiger partial charge on any atom is 0.224 e. The first-order valence-electron chi connectivity index (χ1n) is 15.3. The summed E-state index contributed by atoms with van der Waals surface area (Å²) in [5.41, 5.74) is 2.56. The maximum absolute atomic E-state index is 10.1. The predicted octanol–water partition coefficient (Wildman–Crippen LogP) is 5.42. The Kier molecular flexibility index (Phi) is 9.04. The summed E-state index contributed by atoms with van der Waals surface area (Å²) in [6.45, 7) is 14.0. The van der Waals surface area contributed by atoms with E-state index in [0.717, 1.165) is 62.6 Å². The topological polar surface area (TPSA) is 69.4 Å². The molecule has 0 unspecified atom stereocenters. The van der Waals surface area contributed by atoms with Crippen molar-refractivity contribution in [3.63, 3.8) is 0 Å². The first-order chi connectivity index (χ1) is 18.0. The van der Waals surface area contributed by atoms with Crippen LogP contribution >= 0.6 is 0 Å². The smallest absolute Gasteiger partial charge is 0.224 e. The lowest BCUT2D eigenvalue weighted by Crippen LogP contribution is -2.50. The summed E-state index contributed by atoms with van der Waals surface area (Å²) in [6.07, 6.45) is 15.7. The summed E-state index contributed by atoms with van der Waals surface area (Å²) in [6, 6.07) is 1.10. The van der Waals surface area contributed by atoms with Crippen molar-refractivity contribution in [2.75, 3.05) is 44.6 Å². The van der Waals surface area contributed by atoms with Crippen LogP contribution in [-0.4, -0.2) is 80.9 Å². The van der Waals surface area contributed by atoms with Gasteiger partial charge in [0.1, 0.15) is 5.65 Å². The maximum atomic E-state index is 10.1. The molecule has 0 radical (unpaired) electrons. The van der Waals surface area contributed by atoms with Crippen molar-refractivity contribution in [1.82, 2.24) is 24.3 Å². The molecule has 37 heavy (non-hydrogen) atoms. The second-order valence-corrected chi connectivity index (χ2v) is 12.3. The van der Waals surface area contributed by atoms with E-state index in [1.807, 2.05) is 0 Å². The highest BCUT2D eigenvalue weighted by Gasteiger charge is 2.30. The van der Waals surface area contributed by atoms with E-state index < -0.39 is 0 Å². The van der Waals surface area contributed by atoms with Crippen LogP contribution in [-0.2, 0) is 0 Å². The van der Waals surface area contributed by atoms with E-state index in [-0.39, 0.29) is 6.10 Å². The molecular weight excluding hydrogens is 460 g/mol. The summed E-state index contributed by atoms with van der Waals surface area (Å²) in [5, 5.41) is 14.8. The molecule has 2 aliphatic carbocycles. The highest BCUT2D eigenvalue weighted by Crippen LogP contribution is 2.41. The fourth-order valence-electron chi connectivity index (χ4n) is 6.94. The molecule has 1 aliphatic heterocycles. The molecule has 0 bridgehead atoms. The Bertz CT molecular complexity index is 981. The van der Waals surface area contributed by atoms with Gasteiger partial charge in [-0.2, -0.15) is 4.98 Å². The van der Waals surface area contributed by atoms with Gasteiger partial charge in [-0.05, 0) is 89.0 Å². The number of piperazine rings is 1. The second kappa shape index (κ2) is 12.4. The minimum atomic E-state index is -0.137. The van der Waals surface area contributed by atoms with Crippen LogP contribution in [0, 0.1) is 5.92 Å². The van der Waals surface area contributed by atoms with Crippen LogP contribution in [0.5, 0.6) is 0 Å². The summed E-state index contributed by atoms with van der Waals surface area (Å²) in [5.74, 6) is 2.19. The van der Waals surface area contributed by atoms with E-state index >= 15 is 0 Å². The van der Waals surface area contributed by atoms with E-state index in [0.29, 0.717) is 18.0 Å². The molecule has 2 saturated carbocycles. The molecule has 2 aromatic heterocycles. The fourth-order valence-corrected chi connectivity index (χ4v) is 6.94. The lowest BCUT2D eigenvalue weighted by Gasteiger charge is -2.39. The third-order valence-corrected chi connectivity index (χ3v) is 9.42. The molecule has 3 fully saturated rings. The predicted molar refractivity (Wildman–Crippen MR) is 152 cm³/mol. The molecule has 3 heterocycles. The van der Waals surface area contributed by atoms with Gasteiger partial charge in [-0.25, -0.2) is 4.98 Å². The van der Waals surface area contributed by atoms with Gasteiger partial charge in [0.25, 0.3) is 0 Å². The lowest BCUT2D eigenvalue weighted by atomic mass is 9.78. The van der Waals surface area contributed by atoms with Crippen molar-refractivity contribution in [2.45, 2.75) is 109 Å². The molecule has 2 N–H and O–H groups in total. The molecule has 3 aliphatic rings. The monoisotopic (exact) mass is 510 g/mol. The van der Waals surface area contributed by atoms with Crippen LogP contribution < -0.4 is 5.32 Å². The van der Waals surface area contributed by atoms with Crippen LogP contribution in [0.25, 0.3) is 11.0 Å². The van der Waals surface area contributed by atoms with Crippen molar-refractivity contribution in [1.29, 1.82) is 0 Å². The Labute approximate surface area is 224 Å². The summed E-state index contributed by atoms with van der Waals surface area (Å²) in [7, 11) is 0. The van der Waals surface area contributed by atoms with Crippen LogP contribution in [0.15, 0.2) is 12.4 Å². The SMILES string of the molecule is CCCCNc1ncc2c(n1)n([C@H]1CC[C@H](O)CC1)cc2[C@H]1CC[C@@H](CN2CCN(C(C)C)CC2)CC1. The number of nitrogens with zero attached hydrogens (tertiary/aromatic N) is 5. The summed E-state index contributed by atoms with van der Waals surface area (Å²) >= 11 is 0. The van der Waals surface area contributed by atoms with Crippen LogP contribution in [0.1, 0.15) is 103 Å². The average molecular weight is 511 g/mol. The standard InChI is InChI=1S/C30H50N6O/c1-4-5-14-31-30-32-19-27-28(21-36(29(27)33-30)25-10-12-26(37)13-11-25)24-8-6-23(7-9-24)20-34-15-17-35(18-16-34)22(2)3/h19,21-26,37H,4-18,20H2,1-3H3,(H,31,32,33)/t23-,24+,25-,26-. The summed E-state index contributed by atoms with van der Waals surface area (Å²) in [4.78, 5) is 15.1. The van der Waals surface area contributed by atoms with E-state index in [1.54, 1.807) is 0 Å². The van der Waals surface area contributed by atoms with Crippen molar-refractivity contribution in [3.05, 3.63) is 18.0 Å². The largest absolute Gasteiger partial charge is 0.393 e. The van der Waals surface area contributed by atoms with Gasteiger partial charge in [-0.1, -0.05) is 13.3 Å². The van der Waals surface area contributed by atoms with E-state index in [2.05, 4.69) is 52.8 Å². The first kappa shape index (κ1) is 26.9. The Morgan fingerprint density at radius 2 is 1.73 bits per heavy atom. The number of hydrogen-bond acceptors (Lipinski definition) is 6. The van der Waals surface area contributed by atoms with E-state index in [1.165, 1.54) is 69.4 Å². The number of aliphatic hydroxyl groups is 1. The third kappa shape index (κ3) is 6.48. The van der Waals surface area contributed by atoms with Gasteiger partial charge in [0, 0.05) is 69.1 Å². The van der Waals surface area contributed by atoms with Crippen LogP contribution in [0.3, 0.4) is 0 Å². The molecule has 0 aromatic carbocycles. The molecule has 7 nitrogen and oxygen atoms in total. The van der Waals surface area contributed by atoms with Gasteiger partial charge in [0.15, 0.2) is 0 Å². The number of rotatable bonds is 9. The molecule has 0 atom stereocenters. The van der Waals surface area contributed by atoms with E-state index in [4.69, 9.17) is 9.97 Å². The molecular formula is C30H50N6O. The highest BCUT2D eigenvalue weighted by molar-refractivity contribution is 5.81. The number of unbranched alkanes of at least 4 members (excludes halogenated alkanes) is 1. The zero-order valence-corrected chi connectivity index (χ0v) is 23.5. The zero-order valence-electron chi connectivity index (χ0n) is 23.5. The fraction of sp³-hybridized carbons (Fsp3) is 0.800. The van der Waals surface area contributed by atoms with Crippen molar-refractivity contribution in [2.24, 2.45) is 5.92 Å². The van der Waals surface area contributed by atoms with Crippen LogP contribution in [0.2, 0.25) is 0 Å². The Morgan fingerprint density at radius 1 is 1.00 bits per heavy atom. The number of anilines is 1. The zero-order chi connectivity index (χ0) is 25.8. The van der Waals surface area contributed by atoms with Gasteiger partial charge >= 0.3 is 0 Å². The molecule has 0 amide bonds. The molecule has 0 spiro atoms. The van der Waals surface area contributed by atoms with Gasteiger partial charge in [-0.15, -0.1) is 0 Å². The normalized spacial score (nSPS) is 28.2. The number of fused-ring (bicyclic) bond motifs is 1. The van der Waals surface area contributed by atoms with Crippen molar-refractivity contribution >= 4 is 17.0 Å². The van der Waals surface area contributed by atoms with Gasteiger partial charge < -0.3 is 19.9 Å². The molecule has 5 rings (SSSR count). The average Bonchev–Trinajstić information content (AvgIpc) is 3.29. The molecule has 2 aromatic rings. The van der Waals surface area contributed by atoms with Gasteiger partial charge in [-0.3, -0.25) is 4.90 Å². The van der Waals surface area contributed by atoms with E-state index in [9.17, 15) is 5.11 Å². The Hall–Kier alpha value is -1.70. The molecule has 1 saturated heterocycles. The van der Waals surface area contributed by atoms with Crippen molar-refractivity contribution < 1.29 is 5.11 Å². The number of aromatic nitrogens is 3. The Morgan fingerprint density at radius 3 is 2.41 bits per heavy atom.